The summed E-state index contributed by atoms with van der Waals surface area (Å²) in [7, 11) is 0. The molecule has 9 heteroatoms. The van der Waals surface area contributed by atoms with Gasteiger partial charge in [0.2, 0.25) is 5.91 Å². The van der Waals surface area contributed by atoms with E-state index in [2.05, 4.69) is 21.2 Å². The van der Waals surface area contributed by atoms with Crippen molar-refractivity contribution < 1.29 is 4.79 Å². The highest BCUT2D eigenvalue weighted by Crippen LogP contribution is 2.18. The molecule has 150 valence electrons. The normalized spacial score (nSPS) is 14.6. The molecule has 0 saturated heterocycles. The summed E-state index contributed by atoms with van der Waals surface area (Å²) in [5.74, 6) is -0.105. The van der Waals surface area contributed by atoms with Gasteiger partial charge in [0.05, 0.1) is 16.7 Å². The van der Waals surface area contributed by atoms with Crippen LogP contribution in [0.1, 0.15) is 39.0 Å². The zero-order chi connectivity index (χ0) is 19.9. The van der Waals surface area contributed by atoms with E-state index >= 15 is 0 Å². The fraction of sp³-hybridized carbons (Fsp3) is 0.474. The van der Waals surface area contributed by atoms with Crippen molar-refractivity contribution in [3.63, 3.8) is 0 Å². The topological polar surface area (TPSA) is 88.1 Å². The highest BCUT2D eigenvalue weighted by atomic mass is 32.2. The average molecular weight is 420 g/mol. The zero-order valence-electron chi connectivity index (χ0n) is 15.9. The minimum absolute atomic E-state index is 0.0907. The molecule has 0 aliphatic heterocycles. The van der Waals surface area contributed by atoms with E-state index in [4.69, 9.17) is 12.2 Å². The molecule has 1 saturated carbocycles. The lowest BCUT2D eigenvalue weighted by Gasteiger charge is -2.24. The molecule has 1 aliphatic carbocycles. The highest BCUT2D eigenvalue weighted by Gasteiger charge is 2.15. The predicted molar refractivity (Wildman–Crippen MR) is 116 cm³/mol. The molecule has 0 bridgehead atoms. The number of para-hydroxylation sites is 1. The first-order chi connectivity index (χ1) is 13.6. The lowest BCUT2D eigenvalue weighted by Crippen LogP contribution is -2.50. The molecule has 3 rings (SSSR count). The largest absolute Gasteiger partial charge is 0.359 e. The molecule has 28 heavy (non-hydrogen) atoms. The third-order valence-electron chi connectivity index (χ3n) is 4.73. The van der Waals surface area contributed by atoms with Crippen molar-refractivity contribution in [2.45, 2.75) is 56.8 Å². The van der Waals surface area contributed by atoms with Crippen molar-refractivity contribution in [3.8, 4) is 0 Å². The number of rotatable bonds is 5. The van der Waals surface area contributed by atoms with Crippen LogP contribution in [0, 0.1) is 0 Å². The van der Waals surface area contributed by atoms with Gasteiger partial charge in [-0.25, -0.2) is 4.98 Å². The standard InChI is InChI=1S/C19H25N5O2S2/c1-2-24-17(26)14-10-6-7-11-15(14)21-19(24)28-12-16(25)22-23-18(27)20-13-8-4-3-5-9-13/h6-7,10-11,13H,2-5,8-9,12H2,1H3,(H,22,25)(H2,20,23,27). The molecular weight excluding hydrogens is 394 g/mol. The molecule has 1 heterocycles. The quantitative estimate of drug-likeness (QED) is 0.297. The fourth-order valence-electron chi connectivity index (χ4n) is 3.30. The molecular formula is C19H25N5O2S2. The molecule has 1 aromatic heterocycles. The lowest BCUT2D eigenvalue weighted by atomic mass is 9.96. The van der Waals surface area contributed by atoms with Crippen LogP contribution in [0.3, 0.4) is 0 Å². The van der Waals surface area contributed by atoms with Gasteiger partial charge in [-0.15, -0.1) is 0 Å². The Morgan fingerprint density at radius 3 is 2.75 bits per heavy atom. The Hall–Kier alpha value is -2.13. The van der Waals surface area contributed by atoms with Crippen LogP contribution >= 0.6 is 24.0 Å². The number of fused-ring (bicyclic) bond motifs is 1. The van der Waals surface area contributed by atoms with Gasteiger partial charge >= 0.3 is 0 Å². The van der Waals surface area contributed by atoms with E-state index in [0.29, 0.717) is 33.8 Å². The first-order valence-electron chi connectivity index (χ1n) is 9.56. The van der Waals surface area contributed by atoms with Crippen molar-refractivity contribution in [3.05, 3.63) is 34.6 Å². The maximum atomic E-state index is 12.6. The van der Waals surface area contributed by atoms with Crippen molar-refractivity contribution in [2.75, 3.05) is 5.75 Å². The molecule has 7 nitrogen and oxygen atoms in total. The number of carbonyl (C=O) groups excluding carboxylic acids is 1. The highest BCUT2D eigenvalue weighted by molar-refractivity contribution is 7.99. The van der Waals surface area contributed by atoms with Gasteiger partial charge in [0, 0.05) is 12.6 Å². The van der Waals surface area contributed by atoms with Gasteiger partial charge in [-0.05, 0) is 44.1 Å². The third kappa shape index (κ3) is 5.23. The maximum absolute atomic E-state index is 12.6. The van der Waals surface area contributed by atoms with Crippen LogP contribution in [-0.4, -0.2) is 32.4 Å². The zero-order valence-corrected chi connectivity index (χ0v) is 17.5. The number of thioether (sulfide) groups is 1. The summed E-state index contributed by atoms with van der Waals surface area (Å²) >= 11 is 6.47. The third-order valence-corrected chi connectivity index (χ3v) is 5.93. The number of hydrogen-bond acceptors (Lipinski definition) is 5. The summed E-state index contributed by atoms with van der Waals surface area (Å²) in [6.45, 7) is 2.38. The predicted octanol–water partition coefficient (Wildman–Crippen LogP) is 2.34. The van der Waals surface area contributed by atoms with E-state index in [-0.39, 0.29) is 17.2 Å². The number of hydrogen-bond donors (Lipinski definition) is 3. The molecule has 2 aromatic rings. The second-order valence-corrected chi connectivity index (χ2v) is 8.08. The van der Waals surface area contributed by atoms with E-state index in [1.54, 1.807) is 16.7 Å². The Bertz CT molecular complexity index is 909. The molecule has 3 N–H and O–H groups in total. The van der Waals surface area contributed by atoms with Crippen LogP contribution in [0.25, 0.3) is 10.9 Å². The van der Waals surface area contributed by atoms with Gasteiger partial charge in [0.25, 0.3) is 5.56 Å². The number of carbonyl (C=O) groups is 1. The van der Waals surface area contributed by atoms with E-state index in [1.165, 1.54) is 31.0 Å². The first kappa shape index (κ1) is 20.6. The Balaban J connectivity index is 1.54. The Morgan fingerprint density at radius 2 is 2.00 bits per heavy atom. The van der Waals surface area contributed by atoms with Gasteiger partial charge in [-0.1, -0.05) is 43.2 Å². The molecule has 0 unspecified atom stereocenters. The number of amides is 1. The molecule has 1 fully saturated rings. The summed E-state index contributed by atoms with van der Waals surface area (Å²) in [6.07, 6.45) is 5.90. The van der Waals surface area contributed by atoms with Crippen molar-refractivity contribution in [1.82, 2.24) is 25.7 Å². The Kier molecular flexibility index (Phi) is 7.27. The van der Waals surface area contributed by atoms with Gasteiger partial charge in [-0.2, -0.15) is 0 Å². The van der Waals surface area contributed by atoms with Crippen LogP contribution < -0.4 is 21.7 Å². The van der Waals surface area contributed by atoms with Crippen LogP contribution in [0.15, 0.2) is 34.2 Å². The number of hydrazine groups is 1. The van der Waals surface area contributed by atoms with E-state index in [1.807, 2.05) is 19.1 Å². The fourth-order valence-corrected chi connectivity index (χ4v) is 4.38. The van der Waals surface area contributed by atoms with Gasteiger partial charge < -0.3 is 5.32 Å². The Labute approximate surface area is 173 Å². The minimum atomic E-state index is -0.233. The average Bonchev–Trinajstić information content (AvgIpc) is 2.71. The molecule has 0 spiro atoms. The lowest BCUT2D eigenvalue weighted by molar-refractivity contribution is -0.119. The molecule has 1 amide bonds. The molecule has 1 aromatic carbocycles. The van der Waals surface area contributed by atoms with E-state index < -0.39 is 0 Å². The van der Waals surface area contributed by atoms with Gasteiger partial charge in [0.1, 0.15) is 0 Å². The summed E-state index contributed by atoms with van der Waals surface area (Å²) in [6, 6.07) is 7.61. The van der Waals surface area contributed by atoms with Gasteiger partial charge in [0.15, 0.2) is 10.3 Å². The van der Waals surface area contributed by atoms with E-state index in [0.717, 1.165) is 12.8 Å². The van der Waals surface area contributed by atoms with Crippen LogP contribution in [0.2, 0.25) is 0 Å². The second-order valence-electron chi connectivity index (χ2n) is 6.73. The maximum Gasteiger partial charge on any atom is 0.262 e. The molecule has 0 atom stereocenters. The summed E-state index contributed by atoms with van der Waals surface area (Å²) in [4.78, 5) is 29.3. The van der Waals surface area contributed by atoms with Crippen molar-refractivity contribution >= 4 is 45.9 Å². The van der Waals surface area contributed by atoms with Crippen LogP contribution in [0.4, 0.5) is 0 Å². The molecule has 1 aliphatic rings. The number of nitrogens with one attached hydrogen (secondary N) is 3. The monoisotopic (exact) mass is 419 g/mol. The summed E-state index contributed by atoms with van der Waals surface area (Å²) in [5, 5.41) is 4.78. The summed E-state index contributed by atoms with van der Waals surface area (Å²) < 4.78 is 1.59. The number of benzene rings is 1. The van der Waals surface area contributed by atoms with Crippen LogP contribution in [-0.2, 0) is 11.3 Å². The number of thiocarbonyl (C=S) groups is 1. The number of aromatic nitrogens is 2. The van der Waals surface area contributed by atoms with Crippen molar-refractivity contribution in [2.24, 2.45) is 0 Å². The van der Waals surface area contributed by atoms with Crippen LogP contribution in [0.5, 0.6) is 0 Å². The Morgan fingerprint density at radius 1 is 1.25 bits per heavy atom. The first-order valence-corrected chi connectivity index (χ1v) is 11.0. The van der Waals surface area contributed by atoms with E-state index in [9.17, 15) is 9.59 Å². The summed E-state index contributed by atoms with van der Waals surface area (Å²) in [5.41, 5.74) is 5.90. The SMILES string of the molecule is CCn1c(SCC(=O)NNC(=S)NC2CCCCC2)nc2ccccc2c1=O. The van der Waals surface area contributed by atoms with Crippen molar-refractivity contribution in [1.29, 1.82) is 0 Å². The van der Waals surface area contributed by atoms with Gasteiger partial charge in [-0.3, -0.25) is 25.0 Å². The minimum Gasteiger partial charge on any atom is -0.359 e. The number of nitrogens with zero attached hydrogens (tertiary/aromatic N) is 2. The second kappa shape index (κ2) is 9.88. The smallest absolute Gasteiger partial charge is 0.262 e. The molecule has 0 radical (unpaired) electrons.